The number of piperidine rings is 1. The van der Waals surface area contributed by atoms with Crippen molar-refractivity contribution >= 4 is 32.5 Å². The van der Waals surface area contributed by atoms with Crippen molar-refractivity contribution in [2.45, 2.75) is 42.5 Å². The molecule has 0 N–H and O–H groups in total. The molecule has 3 aromatic rings. The number of sulfone groups is 1. The van der Waals surface area contributed by atoms with Crippen molar-refractivity contribution in [1.82, 2.24) is 4.98 Å². The summed E-state index contributed by atoms with van der Waals surface area (Å²) in [4.78, 5) is 18.7. The van der Waals surface area contributed by atoms with Crippen LogP contribution in [0.1, 0.15) is 32.3 Å². The quantitative estimate of drug-likeness (QED) is 0.516. The van der Waals surface area contributed by atoms with Gasteiger partial charge in [-0.2, -0.15) is 13.2 Å². The van der Waals surface area contributed by atoms with E-state index in [4.69, 9.17) is 0 Å². The number of hydrogen-bond donors (Lipinski definition) is 0. The Kier molecular flexibility index (Phi) is 5.72. The number of anilines is 1. The Labute approximate surface area is 190 Å². The number of nitrogens with zero attached hydrogens (tertiary/aromatic N) is 2. The third-order valence-electron chi connectivity index (χ3n) is 6.43. The van der Waals surface area contributed by atoms with Crippen molar-refractivity contribution in [3.63, 3.8) is 0 Å². The fourth-order valence-corrected chi connectivity index (χ4v) is 6.02. The molecule has 0 spiro atoms. The van der Waals surface area contributed by atoms with Crippen molar-refractivity contribution in [2.24, 2.45) is 5.92 Å². The van der Waals surface area contributed by atoms with Gasteiger partial charge in [0.2, 0.25) is 5.91 Å². The summed E-state index contributed by atoms with van der Waals surface area (Å²) in [6.07, 6.45) is -4.31. The molecule has 0 aliphatic carbocycles. The molecule has 1 aliphatic rings. The summed E-state index contributed by atoms with van der Waals surface area (Å²) in [6.45, 7) is 3.23. The molecule has 1 saturated heterocycles. The van der Waals surface area contributed by atoms with E-state index in [-0.39, 0.29) is 18.9 Å². The maximum absolute atomic E-state index is 13.3. The van der Waals surface area contributed by atoms with Gasteiger partial charge >= 0.3 is 6.18 Å². The average molecular weight is 477 g/mol. The maximum atomic E-state index is 13.3. The van der Waals surface area contributed by atoms with Crippen LogP contribution < -0.4 is 4.90 Å². The van der Waals surface area contributed by atoms with Crippen molar-refractivity contribution in [1.29, 1.82) is 0 Å². The second-order valence-electron chi connectivity index (χ2n) is 8.73. The van der Waals surface area contributed by atoms with Crippen LogP contribution in [-0.2, 0) is 20.8 Å². The summed E-state index contributed by atoms with van der Waals surface area (Å²) < 4.78 is 64.6. The number of aromatic nitrogens is 1. The lowest BCUT2D eigenvalue weighted by molar-refractivity contribution is -0.137. The van der Waals surface area contributed by atoms with Crippen LogP contribution in [0.3, 0.4) is 0 Å². The summed E-state index contributed by atoms with van der Waals surface area (Å²) in [5, 5.41) is 0.942. The van der Waals surface area contributed by atoms with Gasteiger partial charge in [-0.05, 0) is 62.6 Å². The van der Waals surface area contributed by atoms with Gasteiger partial charge in [-0.1, -0.05) is 24.3 Å². The standard InChI is InChI=1S/C24H23F3N2O3S/c1-23(2,33(31,32)19-8-5-7-18(14-19)24(25,26)27)17-12-13-29(22(30)15-17)21-11-10-16-6-3-4-9-20(16)28-21/h3-11,14,17H,12-13,15H2,1-2H3. The molecule has 1 unspecified atom stereocenters. The van der Waals surface area contributed by atoms with Gasteiger partial charge in [-0.25, -0.2) is 13.4 Å². The van der Waals surface area contributed by atoms with Crippen molar-refractivity contribution in [3.05, 3.63) is 66.2 Å². The highest BCUT2D eigenvalue weighted by Gasteiger charge is 2.46. The van der Waals surface area contributed by atoms with Crippen LogP contribution in [0, 0.1) is 5.92 Å². The van der Waals surface area contributed by atoms with Gasteiger partial charge in [0.05, 0.1) is 20.7 Å². The zero-order valence-electron chi connectivity index (χ0n) is 18.1. The number of amides is 1. The Hall–Kier alpha value is -2.94. The molecular formula is C24H23F3N2O3S. The molecule has 33 heavy (non-hydrogen) atoms. The lowest BCUT2D eigenvalue weighted by atomic mass is 9.85. The first-order valence-electron chi connectivity index (χ1n) is 10.5. The highest BCUT2D eigenvalue weighted by Crippen LogP contribution is 2.40. The number of halogens is 3. The van der Waals surface area contributed by atoms with Gasteiger partial charge < -0.3 is 0 Å². The third-order valence-corrected chi connectivity index (χ3v) is 9.02. The molecule has 1 aromatic heterocycles. The summed E-state index contributed by atoms with van der Waals surface area (Å²) >= 11 is 0. The summed E-state index contributed by atoms with van der Waals surface area (Å²) in [5.41, 5.74) is -0.273. The predicted molar refractivity (Wildman–Crippen MR) is 120 cm³/mol. The first kappa shape index (κ1) is 23.2. The van der Waals surface area contributed by atoms with Crippen molar-refractivity contribution in [3.8, 4) is 0 Å². The van der Waals surface area contributed by atoms with Gasteiger partial charge in [0.25, 0.3) is 0 Å². The minimum atomic E-state index is -4.65. The van der Waals surface area contributed by atoms with E-state index in [0.717, 1.165) is 23.0 Å². The van der Waals surface area contributed by atoms with Gasteiger partial charge in [-0.15, -0.1) is 0 Å². The monoisotopic (exact) mass is 476 g/mol. The second kappa shape index (κ2) is 8.13. The molecule has 1 amide bonds. The van der Waals surface area contributed by atoms with E-state index in [1.54, 1.807) is 6.07 Å². The van der Waals surface area contributed by atoms with Crippen LogP contribution >= 0.6 is 0 Å². The van der Waals surface area contributed by atoms with E-state index < -0.39 is 37.1 Å². The molecule has 2 aromatic carbocycles. The van der Waals surface area contributed by atoms with E-state index >= 15 is 0 Å². The fraction of sp³-hybridized carbons (Fsp3) is 0.333. The first-order valence-corrected chi connectivity index (χ1v) is 12.0. The average Bonchev–Trinajstić information content (AvgIpc) is 2.78. The van der Waals surface area contributed by atoms with Crippen LogP contribution in [0.2, 0.25) is 0 Å². The Balaban J connectivity index is 1.58. The number of carbonyl (C=O) groups excluding carboxylic acids is 1. The van der Waals surface area contributed by atoms with Gasteiger partial charge in [-0.3, -0.25) is 9.69 Å². The normalized spacial score (nSPS) is 18.0. The van der Waals surface area contributed by atoms with Crippen LogP contribution in [0.5, 0.6) is 0 Å². The Morgan fingerprint density at radius 1 is 1.00 bits per heavy atom. The molecule has 9 heteroatoms. The van der Waals surface area contributed by atoms with Gasteiger partial charge in [0.15, 0.2) is 9.84 Å². The number of alkyl halides is 3. The maximum Gasteiger partial charge on any atom is 0.416 e. The zero-order chi connectivity index (χ0) is 24.0. The lowest BCUT2D eigenvalue weighted by Crippen LogP contribution is -2.48. The smallest absolute Gasteiger partial charge is 0.297 e. The number of para-hydroxylation sites is 1. The molecule has 4 rings (SSSR count). The molecule has 0 radical (unpaired) electrons. The lowest BCUT2D eigenvalue weighted by Gasteiger charge is -2.39. The van der Waals surface area contributed by atoms with E-state index in [2.05, 4.69) is 4.98 Å². The molecule has 0 bridgehead atoms. The highest BCUT2D eigenvalue weighted by atomic mass is 32.2. The second-order valence-corrected chi connectivity index (χ2v) is 11.3. The summed E-state index contributed by atoms with van der Waals surface area (Å²) in [6, 6.07) is 14.9. The Bertz CT molecular complexity index is 1320. The third kappa shape index (κ3) is 4.21. The van der Waals surface area contributed by atoms with E-state index in [9.17, 15) is 26.4 Å². The number of fused-ring (bicyclic) bond motifs is 1. The predicted octanol–water partition coefficient (Wildman–Crippen LogP) is 5.25. The zero-order valence-corrected chi connectivity index (χ0v) is 18.9. The largest absolute Gasteiger partial charge is 0.416 e. The number of hydrogen-bond acceptors (Lipinski definition) is 4. The number of benzene rings is 2. The van der Waals surface area contributed by atoms with E-state index in [1.807, 2.05) is 30.3 Å². The van der Waals surface area contributed by atoms with Gasteiger partial charge in [0.1, 0.15) is 5.82 Å². The molecule has 1 fully saturated rings. The molecule has 1 atom stereocenters. The first-order chi connectivity index (χ1) is 15.4. The minimum Gasteiger partial charge on any atom is -0.297 e. The Morgan fingerprint density at radius 3 is 2.42 bits per heavy atom. The number of rotatable bonds is 4. The SMILES string of the molecule is CC(C)(C1CCN(c2ccc3ccccc3n2)C(=O)C1)S(=O)(=O)c1cccc(C(F)(F)F)c1. The van der Waals surface area contributed by atoms with E-state index in [0.29, 0.717) is 18.3 Å². The molecule has 174 valence electrons. The summed E-state index contributed by atoms with van der Waals surface area (Å²) in [7, 11) is -4.14. The minimum absolute atomic E-state index is 0.0420. The summed E-state index contributed by atoms with van der Waals surface area (Å²) in [5.74, 6) is -0.321. The molecule has 0 saturated carbocycles. The molecule has 2 heterocycles. The number of pyridine rings is 1. The Morgan fingerprint density at radius 2 is 1.73 bits per heavy atom. The van der Waals surface area contributed by atoms with Crippen LogP contribution in [0.25, 0.3) is 10.9 Å². The molecular weight excluding hydrogens is 453 g/mol. The van der Waals surface area contributed by atoms with Crippen molar-refractivity contribution in [2.75, 3.05) is 11.4 Å². The van der Waals surface area contributed by atoms with E-state index in [1.165, 1.54) is 24.8 Å². The van der Waals surface area contributed by atoms with Gasteiger partial charge in [0, 0.05) is 18.4 Å². The van der Waals surface area contributed by atoms with Crippen LogP contribution in [0.15, 0.2) is 65.6 Å². The molecule has 5 nitrogen and oxygen atoms in total. The van der Waals surface area contributed by atoms with Crippen LogP contribution in [-0.4, -0.2) is 30.6 Å². The molecule has 1 aliphatic heterocycles. The number of carbonyl (C=O) groups is 1. The van der Waals surface area contributed by atoms with Crippen LogP contribution in [0.4, 0.5) is 19.0 Å². The fourth-order valence-electron chi connectivity index (χ4n) is 4.24. The highest BCUT2D eigenvalue weighted by molar-refractivity contribution is 7.92. The topological polar surface area (TPSA) is 67.3 Å². The van der Waals surface area contributed by atoms with Crippen molar-refractivity contribution < 1.29 is 26.4 Å².